The summed E-state index contributed by atoms with van der Waals surface area (Å²) in [5, 5.41) is 26.1. The fraction of sp³-hybridized carbons (Fsp3) is 0.630. The van der Waals surface area contributed by atoms with Crippen molar-refractivity contribution in [1.82, 2.24) is 15.2 Å². The van der Waals surface area contributed by atoms with Crippen LogP contribution in [0.15, 0.2) is 24.3 Å². The number of piperidine rings is 1. The van der Waals surface area contributed by atoms with Crippen LogP contribution in [0.4, 0.5) is 0 Å². The summed E-state index contributed by atoms with van der Waals surface area (Å²) < 4.78 is 10.9. The number of carbonyl (C=O) groups is 1. The van der Waals surface area contributed by atoms with Crippen molar-refractivity contribution in [2.24, 2.45) is 11.7 Å². The number of carbonyl (C=O) groups excluding carboxylic acids is 1. The first-order valence-electron chi connectivity index (χ1n) is 13.0. The number of hydrogen-bond acceptors (Lipinski definition) is 8. The number of amides is 1. The van der Waals surface area contributed by atoms with Crippen LogP contribution >= 0.6 is 0 Å². The lowest BCUT2D eigenvalue weighted by molar-refractivity contribution is -0.0720. The number of nitrogens with zero attached hydrogens (tertiary/aromatic N) is 2. The highest BCUT2D eigenvalue weighted by molar-refractivity contribution is 6.01. The molecule has 3 unspecified atom stereocenters. The quantitative estimate of drug-likeness (QED) is 0.425. The van der Waals surface area contributed by atoms with Crippen molar-refractivity contribution < 1.29 is 24.5 Å². The normalized spacial score (nSPS) is 33.7. The molecule has 4 aliphatic rings. The number of nitrogens with two attached hydrogens (primary N) is 1. The van der Waals surface area contributed by atoms with E-state index < -0.39 is 18.2 Å². The van der Waals surface area contributed by atoms with Crippen molar-refractivity contribution in [2.75, 3.05) is 27.4 Å². The first-order valence-corrected chi connectivity index (χ1v) is 13.0. The van der Waals surface area contributed by atoms with Gasteiger partial charge in [-0.3, -0.25) is 14.7 Å². The number of pyridine rings is 1. The van der Waals surface area contributed by atoms with Crippen molar-refractivity contribution in [3.8, 4) is 5.75 Å². The van der Waals surface area contributed by atoms with E-state index in [0.717, 1.165) is 41.6 Å². The lowest BCUT2D eigenvalue weighted by Crippen LogP contribution is -2.54. The second kappa shape index (κ2) is 8.36. The first-order chi connectivity index (χ1) is 17.3. The van der Waals surface area contributed by atoms with E-state index in [4.69, 9.17) is 20.2 Å². The molecular formula is C27H36N4O5. The molecule has 5 N–H and O–H groups in total. The molecule has 1 aromatic carbocycles. The van der Waals surface area contributed by atoms with E-state index in [2.05, 4.69) is 10.2 Å². The Bertz CT molecular complexity index is 1210. The van der Waals surface area contributed by atoms with Crippen LogP contribution < -0.4 is 15.8 Å². The van der Waals surface area contributed by atoms with Crippen LogP contribution in [-0.4, -0.2) is 89.2 Å². The summed E-state index contributed by atoms with van der Waals surface area (Å²) in [5.74, 6) is 0.361. The summed E-state index contributed by atoms with van der Waals surface area (Å²) in [6.07, 6.45) is 1.34. The zero-order valence-electron chi connectivity index (χ0n) is 21.1. The first kappa shape index (κ1) is 24.1. The number of aliphatic hydroxyl groups excluding tert-OH is 2. The third kappa shape index (κ3) is 3.07. The predicted octanol–water partition coefficient (Wildman–Crippen LogP) is 0.935. The molecular weight excluding hydrogens is 460 g/mol. The molecule has 9 heteroatoms. The van der Waals surface area contributed by atoms with E-state index in [-0.39, 0.29) is 34.9 Å². The van der Waals surface area contributed by atoms with Gasteiger partial charge in [0.05, 0.1) is 54.2 Å². The van der Waals surface area contributed by atoms with Gasteiger partial charge in [-0.1, -0.05) is 6.92 Å². The van der Waals surface area contributed by atoms with Gasteiger partial charge in [0.15, 0.2) is 0 Å². The molecule has 2 spiro atoms. The minimum absolute atomic E-state index is 0.0219. The molecule has 4 heterocycles. The molecule has 8 atom stereocenters. The Morgan fingerprint density at radius 2 is 2.08 bits per heavy atom. The van der Waals surface area contributed by atoms with Gasteiger partial charge in [0.2, 0.25) is 0 Å². The van der Waals surface area contributed by atoms with Gasteiger partial charge >= 0.3 is 0 Å². The molecule has 1 saturated carbocycles. The topological polar surface area (TPSA) is 130 Å². The number of aromatic nitrogens is 1. The average molecular weight is 497 g/mol. The van der Waals surface area contributed by atoms with Crippen molar-refractivity contribution in [3.05, 3.63) is 35.5 Å². The van der Waals surface area contributed by atoms with Crippen molar-refractivity contribution in [3.63, 3.8) is 0 Å². The number of hydrogen-bond donors (Lipinski definition) is 4. The highest BCUT2D eigenvalue weighted by Gasteiger charge is 2.83. The minimum Gasteiger partial charge on any atom is -0.497 e. The molecule has 9 nitrogen and oxygen atoms in total. The van der Waals surface area contributed by atoms with E-state index in [1.165, 1.54) is 0 Å². The van der Waals surface area contributed by atoms with Gasteiger partial charge in [-0.05, 0) is 49.9 Å². The third-order valence-corrected chi connectivity index (χ3v) is 9.60. The van der Waals surface area contributed by atoms with E-state index >= 15 is 0 Å². The maximum atomic E-state index is 13.2. The standard InChI is InChI=1S/C27H36N4O5/c1-4-18(28)23(33)22(32)17(12-35-2)20-7-8-26-13-27(26)21(11-31(20)26)30-25(34)16-10-14-9-15(36-3)5-6-19(14)29-24(16)27/h5-6,9-10,17-18,20-23,32-33H,4,7-8,11-13,28H2,1-3H3,(H,30,34)/t17?,18-,20+,21+,22-,23?,26?,27-/m1/s1. The highest BCUT2D eigenvalue weighted by atomic mass is 16.5. The van der Waals surface area contributed by atoms with Gasteiger partial charge in [-0.25, -0.2) is 0 Å². The number of fused-ring (bicyclic) bond motifs is 2. The maximum absolute atomic E-state index is 13.2. The minimum atomic E-state index is -1.02. The van der Waals surface area contributed by atoms with E-state index in [9.17, 15) is 15.0 Å². The molecule has 1 amide bonds. The Balaban J connectivity index is 1.37. The number of methoxy groups -OCH3 is 2. The number of benzene rings is 1. The molecule has 1 aromatic heterocycles. The summed E-state index contributed by atoms with van der Waals surface area (Å²) >= 11 is 0. The predicted molar refractivity (Wildman–Crippen MR) is 134 cm³/mol. The molecule has 1 aliphatic carbocycles. The van der Waals surface area contributed by atoms with Crippen molar-refractivity contribution >= 4 is 16.8 Å². The third-order valence-electron chi connectivity index (χ3n) is 9.60. The lowest BCUT2D eigenvalue weighted by atomic mass is 9.82. The summed E-state index contributed by atoms with van der Waals surface area (Å²) in [4.78, 5) is 20.8. The van der Waals surface area contributed by atoms with Gasteiger partial charge in [0.25, 0.3) is 5.91 Å². The molecule has 2 saturated heterocycles. The zero-order valence-corrected chi connectivity index (χ0v) is 21.1. The second-order valence-electron chi connectivity index (χ2n) is 11.1. The van der Waals surface area contributed by atoms with Gasteiger partial charge < -0.3 is 30.7 Å². The van der Waals surface area contributed by atoms with Gasteiger partial charge in [-0.2, -0.15) is 0 Å². The Kier molecular flexibility index (Phi) is 5.59. The molecule has 6 rings (SSSR count). The van der Waals surface area contributed by atoms with Gasteiger partial charge in [0.1, 0.15) is 5.75 Å². The van der Waals surface area contributed by atoms with E-state index in [1.807, 2.05) is 31.2 Å². The summed E-state index contributed by atoms with van der Waals surface area (Å²) in [7, 11) is 3.25. The molecule has 3 aliphatic heterocycles. The second-order valence-corrected chi connectivity index (χ2v) is 11.1. The number of aliphatic hydroxyl groups is 2. The van der Waals surface area contributed by atoms with Crippen LogP contribution in [0.25, 0.3) is 10.9 Å². The number of nitrogens with one attached hydrogen (secondary N) is 1. The Morgan fingerprint density at radius 1 is 1.28 bits per heavy atom. The Hall–Kier alpha value is -2.30. The Morgan fingerprint density at radius 3 is 2.81 bits per heavy atom. The largest absolute Gasteiger partial charge is 0.497 e. The fourth-order valence-electron chi connectivity index (χ4n) is 7.69. The van der Waals surface area contributed by atoms with Crippen LogP contribution in [-0.2, 0) is 10.2 Å². The summed E-state index contributed by atoms with van der Waals surface area (Å²) in [6, 6.07) is 7.21. The van der Waals surface area contributed by atoms with Crippen LogP contribution in [0.2, 0.25) is 0 Å². The SMILES string of the molecule is CC[C@@H](N)C(O)[C@H](O)C(COC)[C@@H]1CCC23C[C@@]24c2nc5ccc(OC)cc5cc2C(=O)N[C@H]4CN13. The molecule has 0 radical (unpaired) electrons. The van der Waals surface area contributed by atoms with E-state index in [1.54, 1.807) is 14.2 Å². The Labute approximate surface area is 211 Å². The van der Waals surface area contributed by atoms with Crippen molar-refractivity contribution in [1.29, 1.82) is 0 Å². The number of rotatable bonds is 8. The molecule has 3 fully saturated rings. The molecule has 2 aromatic rings. The maximum Gasteiger partial charge on any atom is 0.253 e. The van der Waals surface area contributed by atoms with Gasteiger partial charge in [-0.15, -0.1) is 0 Å². The smallest absolute Gasteiger partial charge is 0.253 e. The van der Waals surface area contributed by atoms with Crippen molar-refractivity contribution in [2.45, 2.75) is 73.9 Å². The van der Waals surface area contributed by atoms with Crippen LogP contribution in [0.3, 0.4) is 0 Å². The van der Waals surface area contributed by atoms with Crippen LogP contribution in [0, 0.1) is 5.92 Å². The summed E-state index contributed by atoms with van der Waals surface area (Å²) in [6.45, 7) is 2.93. The molecule has 194 valence electrons. The average Bonchev–Trinajstić information content (AvgIpc) is 3.30. The fourth-order valence-corrected chi connectivity index (χ4v) is 7.69. The van der Waals surface area contributed by atoms with Crippen LogP contribution in [0.5, 0.6) is 5.75 Å². The monoisotopic (exact) mass is 496 g/mol. The lowest BCUT2D eigenvalue weighted by Gasteiger charge is -2.38. The molecule has 36 heavy (non-hydrogen) atoms. The van der Waals surface area contributed by atoms with Gasteiger partial charge in [0, 0.05) is 42.6 Å². The zero-order chi connectivity index (χ0) is 25.4. The number of ether oxygens (including phenoxy) is 2. The highest BCUT2D eigenvalue weighted by Crippen LogP contribution is 2.73. The molecule has 0 bridgehead atoms. The van der Waals surface area contributed by atoms with Crippen LogP contribution in [0.1, 0.15) is 48.7 Å². The summed E-state index contributed by atoms with van der Waals surface area (Å²) in [5.41, 5.74) is 8.14. The van der Waals surface area contributed by atoms with E-state index in [0.29, 0.717) is 25.1 Å².